The van der Waals surface area contributed by atoms with E-state index < -0.39 is 11.6 Å². The third-order valence-electron chi connectivity index (χ3n) is 3.54. The van der Waals surface area contributed by atoms with Gasteiger partial charge in [-0.1, -0.05) is 18.2 Å². The van der Waals surface area contributed by atoms with Crippen molar-refractivity contribution in [3.63, 3.8) is 0 Å². The summed E-state index contributed by atoms with van der Waals surface area (Å²) in [5, 5.41) is -0.904. The Morgan fingerprint density at radius 3 is 2.16 bits per heavy atom. The minimum absolute atomic E-state index is 0.261. The number of allylic oxidation sites excluding steroid dienone is 1. The molecule has 3 nitrogen and oxygen atoms in total. The topological polar surface area (TPSA) is 43.4 Å². The fraction of sp³-hybridized carbons (Fsp3) is 0.167. The number of benzene rings is 2. The Kier molecular flexibility index (Phi) is 5.36. The summed E-state index contributed by atoms with van der Waals surface area (Å²) in [4.78, 5) is 22.2. The van der Waals surface area contributed by atoms with Gasteiger partial charge in [0, 0.05) is 5.56 Å². The lowest BCUT2D eigenvalue weighted by molar-refractivity contribution is -0.274. The third-order valence-corrected chi connectivity index (χ3v) is 3.73. The van der Waals surface area contributed by atoms with Crippen LogP contribution in [-0.2, 0) is 9.59 Å². The molecule has 0 bridgehead atoms. The van der Waals surface area contributed by atoms with E-state index in [0.717, 1.165) is 11.1 Å². The first-order valence-electron chi connectivity index (χ1n) is 7.05. The van der Waals surface area contributed by atoms with Crippen LogP contribution in [0.4, 0.5) is 13.2 Å². The summed E-state index contributed by atoms with van der Waals surface area (Å²) in [5.74, 6) is 1.22. The highest BCUT2D eigenvalue weighted by Crippen LogP contribution is 2.31. The van der Waals surface area contributed by atoms with Gasteiger partial charge >= 0.3 is 6.36 Å². The zero-order valence-electron chi connectivity index (χ0n) is 13.2. The van der Waals surface area contributed by atoms with Crippen LogP contribution in [0.2, 0.25) is 0 Å². The van der Waals surface area contributed by atoms with Crippen LogP contribution in [0.15, 0.2) is 36.4 Å². The molecule has 0 aromatic heterocycles. The van der Waals surface area contributed by atoms with Gasteiger partial charge in [0.25, 0.3) is 5.24 Å². The van der Waals surface area contributed by atoms with Gasteiger partial charge in [0.1, 0.15) is 17.3 Å². The standard InChI is InChI=1S/C18H12ClF3O3/c1-10-8-15(16(9-23)17(19)24)11(2)7-14(10)12-3-5-13(6-4-12)25-18(20,21)22/h3-8H,1-2H3. The van der Waals surface area contributed by atoms with Crippen molar-refractivity contribution >= 4 is 28.4 Å². The second-order valence-corrected chi connectivity index (χ2v) is 5.65. The predicted octanol–water partition coefficient (Wildman–Crippen LogP) is 4.85. The number of hydrogen-bond acceptors (Lipinski definition) is 3. The number of aryl methyl sites for hydroxylation is 2. The number of halogens is 4. The van der Waals surface area contributed by atoms with Gasteiger partial charge in [-0.25, -0.2) is 4.79 Å². The first-order valence-corrected chi connectivity index (χ1v) is 7.43. The number of hydrogen-bond donors (Lipinski definition) is 0. The Bertz CT molecular complexity index is 864. The van der Waals surface area contributed by atoms with E-state index in [1.54, 1.807) is 26.0 Å². The monoisotopic (exact) mass is 368 g/mol. The number of alkyl halides is 3. The molecule has 0 amide bonds. The molecule has 0 aliphatic carbocycles. The SMILES string of the molecule is Cc1cc(-c2ccc(OC(F)(F)F)cc2)c(C)cc1C(=C=O)C(=O)Cl. The molecule has 0 aliphatic rings. The van der Waals surface area contributed by atoms with Gasteiger partial charge in [0.15, 0.2) is 0 Å². The highest BCUT2D eigenvalue weighted by molar-refractivity contribution is 6.75. The van der Waals surface area contributed by atoms with Gasteiger partial charge in [-0.2, -0.15) is 0 Å². The molecule has 0 saturated heterocycles. The van der Waals surface area contributed by atoms with Crippen molar-refractivity contribution in [2.24, 2.45) is 0 Å². The minimum atomic E-state index is -4.75. The lowest BCUT2D eigenvalue weighted by Crippen LogP contribution is -2.16. The van der Waals surface area contributed by atoms with E-state index in [4.69, 9.17) is 11.6 Å². The largest absolute Gasteiger partial charge is 0.573 e. The Balaban J connectivity index is 2.43. The lowest BCUT2D eigenvalue weighted by atomic mass is 9.92. The molecule has 130 valence electrons. The molecule has 0 atom stereocenters. The summed E-state index contributed by atoms with van der Waals surface area (Å²) in [6.45, 7) is 3.44. The third kappa shape index (κ3) is 4.50. The van der Waals surface area contributed by atoms with E-state index in [9.17, 15) is 22.8 Å². The maximum atomic E-state index is 12.2. The van der Waals surface area contributed by atoms with Crippen LogP contribution in [0, 0.1) is 13.8 Å². The van der Waals surface area contributed by atoms with E-state index >= 15 is 0 Å². The van der Waals surface area contributed by atoms with Crippen LogP contribution in [0.5, 0.6) is 5.75 Å². The molecule has 0 fully saturated rings. The molecule has 0 spiro atoms. The van der Waals surface area contributed by atoms with Crippen molar-refractivity contribution in [3.05, 3.63) is 53.1 Å². The van der Waals surface area contributed by atoms with Gasteiger partial charge in [-0.05, 0) is 65.9 Å². The van der Waals surface area contributed by atoms with Crippen molar-refractivity contribution in [1.29, 1.82) is 0 Å². The van der Waals surface area contributed by atoms with E-state index in [-0.39, 0.29) is 11.3 Å². The molecule has 0 aliphatic heterocycles. The van der Waals surface area contributed by atoms with Crippen LogP contribution in [-0.4, -0.2) is 17.5 Å². The lowest BCUT2D eigenvalue weighted by Gasteiger charge is -2.13. The first-order chi connectivity index (χ1) is 11.6. The van der Waals surface area contributed by atoms with Crippen molar-refractivity contribution in [1.82, 2.24) is 0 Å². The van der Waals surface area contributed by atoms with Crippen LogP contribution in [0.25, 0.3) is 16.7 Å². The van der Waals surface area contributed by atoms with E-state index in [1.807, 2.05) is 0 Å². The number of rotatable bonds is 4. The second kappa shape index (κ2) is 7.13. The van der Waals surface area contributed by atoms with Gasteiger partial charge in [-0.15, -0.1) is 13.2 Å². The molecule has 25 heavy (non-hydrogen) atoms. The average Bonchev–Trinajstić information content (AvgIpc) is 2.50. The summed E-state index contributed by atoms with van der Waals surface area (Å²) >= 11 is 5.39. The molecule has 0 heterocycles. The van der Waals surface area contributed by atoms with Crippen LogP contribution in [0.3, 0.4) is 0 Å². The fourth-order valence-electron chi connectivity index (χ4n) is 2.43. The molecule has 2 aromatic rings. The normalized spacial score (nSPS) is 11.0. The maximum absolute atomic E-state index is 12.2. The molecule has 2 aromatic carbocycles. The van der Waals surface area contributed by atoms with Gasteiger partial charge in [0.2, 0.25) is 0 Å². The minimum Gasteiger partial charge on any atom is -0.406 e. The molecular formula is C18H12ClF3O3. The molecule has 7 heteroatoms. The fourth-order valence-corrected chi connectivity index (χ4v) is 2.57. The highest BCUT2D eigenvalue weighted by Gasteiger charge is 2.31. The van der Waals surface area contributed by atoms with Crippen molar-refractivity contribution in [2.75, 3.05) is 0 Å². The summed E-state index contributed by atoms with van der Waals surface area (Å²) in [7, 11) is 0. The number of carbonyl (C=O) groups excluding carboxylic acids is 2. The predicted molar refractivity (Wildman–Crippen MR) is 88.0 cm³/mol. The molecule has 0 N–H and O–H groups in total. The smallest absolute Gasteiger partial charge is 0.406 e. The Labute approximate surface area is 146 Å². The first kappa shape index (κ1) is 18.8. The Morgan fingerprint density at radius 2 is 1.68 bits per heavy atom. The van der Waals surface area contributed by atoms with Crippen LogP contribution >= 0.6 is 11.6 Å². The second-order valence-electron chi connectivity index (χ2n) is 5.30. The van der Waals surface area contributed by atoms with E-state index in [1.165, 1.54) is 30.2 Å². The number of ether oxygens (including phenoxy) is 1. The highest BCUT2D eigenvalue weighted by atomic mass is 35.5. The van der Waals surface area contributed by atoms with Gasteiger partial charge < -0.3 is 4.74 Å². The molecule has 0 radical (unpaired) electrons. The van der Waals surface area contributed by atoms with Crippen LogP contribution < -0.4 is 4.74 Å². The molecule has 0 unspecified atom stereocenters. The average molecular weight is 369 g/mol. The zero-order valence-corrected chi connectivity index (χ0v) is 14.0. The van der Waals surface area contributed by atoms with Crippen molar-refractivity contribution in [3.8, 4) is 16.9 Å². The van der Waals surface area contributed by atoms with E-state index in [0.29, 0.717) is 16.7 Å². The van der Waals surface area contributed by atoms with Crippen molar-refractivity contribution in [2.45, 2.75) is 20.2 Å². The summed E-state index contributed by atoms with van der Waals surface area (Å²) in [6.07, 6.45) is -4.75. The zero-order chi connectivity index (χ0) is 18.8. The Hall–Kier alpha value is -2.56. The van der Waals surface area contributed by atoms with E-state index in [2.05, 4.69) is 4.74 Å². The summed E-state index contributed by atoms with van der Waals surface area (Å²) in [5.41, 5.74) is 2.85. The summed E-state index contributed by atoms with van der Waals surface area (Å²) < 4.78 is 40.5. The van der Waals surface area contributed by atoms with Crippen molar-refractivity contribution < 1.29 is 27.5 Å². The molecule has 0 saturated carbocycles. The van der Waals surface area contributed by atoms with Gasteiger partial charge in [0.05, 0.1) is 0 Å². The van der Waals surface area contributed by atoms with Crippen LogP contribution in [0.1, 0.15) is 16.7 Å². The quantitative estimate of drug-likeness (QED) is 0.440. The summed E-state index contributed by atoms with van der Waals surface area (Å²) in [6, 6.07) is 8.75. The molecule has 2 rings (SSSR count). The molecular weight excluding hydrogens is 357 g/mol. The number of carbonyl (C=O) groups is 1. The Morgan fingerprint density at radius 1 is 1.08 bits per heavy atom. The van der Waals surface area contributed by atoms with Gasteiger partial charge in [-0.3, -0.25) is 4.79 Å². The maximum Gasteiger partial charge on any atom is 0.573 e.